The Kier molecular flexibility index (Phi) is 4.96. The van der Waals surface area contributed by atoms with Gasteiger partial charge in [-0.3, -0.25) is 0 Å². The van der Waals surface area contributed by atoms with Crippen LogP contribution in [0.3, 0.4) is 0 Å². The van der Waals surface area contributed by atoms with E-state index >= 15 is 0 Å². The van der Waals surface area contributed by atoms with Gasteiger partial charge in [0.25, 0.3) is 0 Å². The van der Waals surface area contributed by atoms with Crippen molar-refractivity contribution in [2.24, 2.45) is 0 Å². The van der Waals surface area contributed by atoms with Crippen LogP contribution in [0.1, 0.15) is 18.5 Å². The summed E-state index contributed by atoms with van der Waals surface area (Å²) in [6.45, 7) is 1.97. The van der Waals surface area contributed by atoms with Gasteiger partial charge in [0.2, 0.25) is 0 Å². The number of benzene rings is 2. The Morgan fingerprint density at radius 1 is 1.10 bits per heavy atom. The van der Waals surface area contributed by atoms with Gasteiger partial charge in [0.1, 0.15) is 17.2 Å². The molecule has 21 heavy (non-hydrogen) atoms. The molecule has 2 rings (SSSR count). The fraction of sp³-hybridized carbons (Fsp3) is 0.250. The Labute approximate surface area is 132 Å². The zero-order valence-corrected chi connectivity index (χ0v) is 13.8. The molecule has 0 aliphatic carbocycles. The highest BCUT2D eigenvalue weighted by Gasteiger charge is 2.14. The molecule has 2 N–H and O–H groups in total. The summed E-state index contributed by atoms with van der Waals surface area (Å²) in [5, 5.41) is 13.4. The monoisotopic (exact) mass is 351 g/mol. The van der Waals surface area contributed by atoms with Crippen LogP contribution in [0.15, 0.2) is 40.9 Å². The van der Waals surface area contributed by atoms with Gasteiger partial charge in [-0.05, 0) is 43.3 Å². The van der Waals surface area contributed by atoms with Crippen molar-refractivity contribution in [3.63, 3.8) is 0 Å². The number of aromatic hydroxyl groups is 1. The molecule has 1 atom stereocenters. The maximum Gasteiger partial charge on any atom is 0.142 e. The number of hydrogen-bond donors (Lipinski definition) is 2. The third kappa shape index (κ3) is 3.61. The zero-order chi connectivity index (χ0) is 15.4. The third-order valence-corrected chi connectivity index (χ3v) is 3.73. The largest absolute Gasteiger partial charge is 0.508 e. The third-order valence-electron chi connectivity index (χ3n) is 3.23. The van der Waals surface area contributed by atoms with Crippen LogP contribution in [0, 0.1) is 0 Å². The highest BCUT2D eigenvalue weighted by molar-refractivity contribution is 9.10. The number of anilines is 1. The molecule has 112 valence electrons. The van der Waals surface area contributed by atoms with Gasteiger partial charge in [-0.15, -0.1) is 0 Å². The fourth-order valence-electron chi connectivity index (χ4n) is 2.11. The Bertz CT molecular complexity index is 631. The first kappa shape index (κ1) is 15.5. The van der Waals surface area contributed by atoms with Gasteiger partial charge < -0.3 is 19.9 Å². The van der Waals surface area contributed by atoms with Crippen LogP contribution in [-0.4, -0.2) is 19.3 Å². The summed E-state index contributed by atoms with van der Waals surface area (Å²) in [6.07, 6.45) is 0. The van der Waals surface area contributed by atoms with Gasteiger partial charge in [-0.25, -0.2) is 0 Å². The predicted molar refractivity (Wildman–Crippen MR) is 87.4 cm³/mol. The minimum absolute atomic E-state index is 0.108. The summed E-state index contributed by atoms with van der Waals surface area (Å²) in [5.41, 5.74) is 1.61. The van der Waals surface area contributed by atoms with Crippen LogP contribution >= 0.6 is 15.9 Å². The lowest BCUT2D eigenvalue weighted by Crippen LogP contribution is -2.08. The average Bonchev–Trinajstić information content (AvgIpc) is 2.48. The van der Waals surface area contributed by atoms with Crippen LogP contribution in [0.2, 0.25) is 0 Å². The lowest BCUT2D eigenvalue weighted by molar-refractivity contribution is 0.409. The average molecular weight is 352 g/mol. The molecule has 0 saturated carbocycles. The second kappa shape index (κ2) is 6.72. The molecule has 0 fully saturated rings. The summed E-state index contributed by atoms with van der Waals surface area (Å²) < 4.78 is 11.5. The summed E-state index contributed by atoms with van der Waals surface area (Å²) in [4.78, 5) is 0. The maximum absolute atomic E-state index is 10.0. The van der Waals surface area contributed by atoms with Gasteiger partial charge in [-0.2, -0.15) is 0 Å². The van der Waals surface area contributed by atoms with E-state index in [0.717, 1.165) is 21.5 Å². The molecule has 1 unspecified atom stereocenters. The van der Waals surface area contributed by atoms with Crippen LogP contribution in [0.25, 0.3) is 0 Å². The molecular weight excluding hydrogens is 334 g/mol. The summed E-state index contributed by atoms with van der Waals surface area (Å²) in [5.74, 6) is 1.68. The van der Waals surface area contributed by atoms with E-state index in [9.17, 15) is 5.11 Å². The summed E-state index contributed by atoms with van der Waals surface area (Å²) >= 11 is 3.44. The minimum atomic E-state index is -0.108. The van der Waals surface area contributed by atoms with E-state index in [0.29, 0.717) is 5.75 Å². The molecule has 0 spiro atoms. The van der Waals surface area contributed by atoms with Crippen molar-refractivity contribution in [2.45, 2.75) is 13.0 Å². The van der Waals surface area contributed by atoms with Crippen LogP contribution in [0.4, 0.5) is 5.69 Å². The lowest BCUT2D eigenvalue weighted by atomic mass is 10.1. The van der Waals surface area contributed by atoms with Crippen molar-refractivity contribution in [1.29, 1.82) is 0 Å². The van der Waals surface area contributed by atoms with Crippen molar-refractivity contribution in [1.82, 2.24) is 0 Å². The highest BCUT2D eigenvalue weighted by atomic mass is 79.9. The topological polar surface area (TPSA) is 50.7 Å². The standard InChI is InChI=1S/C16H18BrNO3/c1-10(13-9-12(20-2)5-6-15(13)19)18-14-8-11(17)4-7-16(14)21-3/h4-10,18-19H,1-3H3. The van der Waals surface area contributed by atoms with Gasteiger partial charge in [0.15, 0.2) is 0 Å². The van der Waals surface area contributed by atoms with Crippen molar-refractivity contribution in [3.05, 3.63) is 46.4 Å². The van der Waals surface area contributed by atoms with E-state index in [1.807, 2.05) is 31.2 Å². The van der Waals surface area contributed by atoms with E-state index in [1.54, 1.807) is 26.4 Å². The fourth-order valence-corrected chi connectivity index (χ4v) is 2.47. The Morgan fingerprint density at radius 3 is 2.52 bits per heavy atom. The molecule has 0 radical (unpaired) electrons. The SMILES string of the molecule is COc1ccc(O)c(C(C)Nc2cc(Br)ccc2OC)c1. The first-order chi connectivity index (χ1) is 10.0. The summed E-state index contributed by atoms with van der Waals surface area (Å²) in [7, 11) is 3.23. The number of halogens is 1. The van der Waals surface area contributed by atoms with Crippen LogP contribution in [0.5, 0.6) is 17.2 Å². The molecular formula is C16H18BrNO3. The quantitative estimate of drug-likeness (QED) is 0.840. The number of rotatable bonds is 5. The first-order valence-corrected chi connectivity index (χ1v) is 7.31. The van der Waals surface area contributed by atoms with Crippen molar-refractivity contribution >= 4 is 21.6 Å². The Morgan fingerprint density at radius 2 is 1.86 bits per heavy atom. The van der Waals surface area contributed by atoms with E-state index < -0.39 is 0 Å². The molecule has 0 aromatic heterocycles. The highest BCUT2D eigenvalue weighted by Crippen LogP contribution is 2.34. The molecule has 4 nitrogen and oxygen atoms in total. The van der Waals surface area contributed by atoms with Crippen LogP contribution in [-0.2, 0) is 0 Å². The van der Waals surface area contributed by atoms with E-state index in [4.69, 9.17) is 9.47 Å². The van der Waals surface area contributed by atoms with E-state index in [2.05, 4.69) is 21.2 Å². The Hall–Kier alpha value is -1.88. The predicted octanol–water partition coefficient (Wildman–Crippen LogP) is 4.35. The molecule has 0 amide bonds. The summed E-state index contributed by atoms with van der Waals surface area (Å²) in [6, 6.07) is 10.8. The molecule has 0 bridgehead atoms. The molecule has 5 heteroatoms. The molecule has 0 saturated heterocycles. The molecule has 0 heterocycles. The molecule has 2 aromatic carbocycles. The number of nitrogens with one attached hydrogen (secondary N) is 1. The number of ether oxygens (including phenoxy) is 2. The maximum atomic E-state index is 10.0. The van der Waals surface area contributed by atoms with Crippen molar-refractivity contribution < 1.29 is 14.6 Å². The van der Waals surface area contributed by atoms with E-state index in [-0.39, 0.29) is 11.8 Å². The number of phenolic OH excluding ortho intramolecular Hbond substituents is 1. The first-order valence-electron chi connectivity index (χ1n) is 6.52. The molecule has 0 aliphatic rings. The lowest BCUT2D eigenvalue weighted by Gasteiger charge is -2.19. The van der Waals surface area contributed by atoms with Crippen molar-refractivity contribution in [2.75, 3.05) is 19.5 Å². The van der Waals surface area contributed by atoms with Crippen LogP contribution < -0.4 is 14.8 Å². The van der Waals surface area contributed by atoms with Gasteiger partial charge in [0.05, 0.1) is 25.9 Å². The molecule has 0 aliphatic heterocycles. The number of phenols is 1. The van der Waals surface area contributed by atoms with Gasteiger partial charge >= 0.3 is 0 Å². The van der Waals surface area contributed by atoms with Gasteiger partial charge in [0, 0.05) is 10.0 Å². The molecule has 2 aromatic rings. The number of methoxy groups -OCH3 is 2. The number of hydrogen-bond acceptors (Lipinski definition) is 4. The Balaban J connectivity index is 2.29. The second-order valence-corrected chi connectivity index (χ2v) is 5.55. The van der Waals surface area contributed by atoms with Gasteiger partial charge in [-0.1, -0.05) is 15.9 Å². The minimum Gasteiger partial charge on any atom is -0.508 e. The normalized spacial score (nSPS) is 11.8. The second-order valence-electron chi connectivity index (χ2n) is 4.64. The van der Waals surface area contributed by atoms with Crippen molar-refractivity contribution in [3.8, 4) is 17.2 Å². The van der Waals surface area contributed by atoms with E-state index in [1.165, 1.54) is 0 Å². The zero-order valence-electron chi connectivity index (χ0n) is 12.2. The smallest absolute Gasteiger partial charge is 0.142 e.